The van der Waals surface area contributed by atoms with Gasteiger partial charge in [0.05, 0.1) is 25.4 Å². The molecular formula is C77H147NO5. The molecule has 6 heteroatoms. The minimum absolute atomic E-state index is 0.0161. The van der Waals surface area contributed by atoms with Crippen molar-refractivity contribution in [2.75, 3.05) is 13.2 Å². The van der Waals surface area contributed by atoms with Gasteiger partial charge in [-0.25, -0.2) is 0 Å². The van der Waals surface area contributed by atoms with Gasteiger partial charge < -0.3 is 20.3 Å². The van der Waals surface area contributed by atoms with Crippen molar-refractivity contribution in [3.8, 4) is 0 Å². The molecule has 0 spiro atoms. The van der Waals surface area contributed by atoms with Gasteiger partial charge in [0.1, 0.15) is 0 Å². The lowest BCUT2D eigenvalue weighted by Gasteiger charge is -2.20. The molecule has 6 nitrogen and oxygen atoms in total. The molecule has 0 aromatic heterocycles. The average molecular weight is 1170 g/mol. The van der Waals surface area contributed by atoms with Crippen molar-refractivity contribution in [2.45, 2.75) is 431 Å². The number of nitrogens with one attached hydrogen (secondary N) is 1. The number of aliphatic hydroxyl groups is 2. The van der Waals surface area contributed by atoms with Crippen LogP contribution in [0.4, 0.5) is 0 Å². The maximum atomic E-state index is 12.5. The number of ether oxygens (including phenoxy) is 1. The van der Waals surface area contributed by atoms with E-state index < -0.39 is 12.1 Å². The van der Waals surface area contributed by atoms with Crippen LogP contribution in [0.1, 0.15) is 418 Å². The van der Waals surface area contributed by atoms with E-state index in [4.69, 9.17) is 4.74 Å². The standard InChI is InChI=1S/C77H147NO5/c1-3-5-7-9-11-13-15-17-19-20-39-43-47-51-55-59-63-67-71-77(82)83-72-68-64-60-56-52-48-44-40-37-35-33-31-29-27-25-23-21-22-24-26-28-30-32-34-36-38-42-46-50-54-58-62-66-70-76(81)78-74(73-79)75(80)69-65-61-57-53-49-45-41-18-16-14-12-10-8-6-4-2/h19-20,25,27,65,69,74-75,79-80H,3-18,21-24,26,28-64,66-68,70-73H2,1-2H3,(H,78,81)/b20-19-,27-25-,69-65+. The highest BCUT2D eigenvalue weighted by Crippen LogP contribution is 2.19. The monoisotopic (exact) mass is 1170 g/mol. The number of aliphatic hydroxyl groups excluding tert-OH is 2. The summed E-state index contributed by atoms with van der Waals surface area (Å²) in [5.41, 5.74) is 0. The Morgan fingerprint density at radius 1 is 0.325 bits per heavy atom. The lowest BCUT2D eigenvalue weighted by atomic mass is 10.0. The number of unbranched alkanes of at least 4 members (excludes halogenated alkanes) is 56. The molecule has 0 saturated heterocycles. The zero-order valence-electron chi connectivity index (χ0n) is 56.2. The summed E-state index contributed by atoms with van der Waals surface area (Å²) in [6.45, 7) is 4.94. The van der Waals surface area contributed by atoms with E-state index in [-0.39, 0.29) is 18.5 Å². The summed E-state index contributed by atoms with van der Waals surface area (Å²) in [7, 11) is 0. The number of amides is 1. The molecule has 0 fully saturated rings. The van der Waals surface area contributed by atoms with Crippen molar-refractivity contribution in [1.29, 1.82) is 0 Å². The fourth-order valence-electron chi connectivity index (χ4n) is 11.9. The van der Waals surface area contributed by atoms with E-state index in [0.717, 1.165) is 44.9 Å². The normalized spacial score (nSPS) is 12.7. The highest BCUT2D eigenvalue weighted by atomic mass is 16.5. The Labute approximate surface area is 519 Å². The minimum Gasteiger partial charge on any atom is -0.466 e. The maximum Gasteiger partial charge on any atom is 0.305 e. The molecule has 0 aliphatic rings. The van der Waals surface area contributed by atoms with Crippen molar-refractivity contribution >= 4 is 11.9 Å². The topological polar surface area (TPSA) is 95.9 Å². The van der Waals surface area contributed by atoms with Crippen molar-refractivity contribution in [1.82, 2.24) is 5.32 Å². The van der Waals surface area contributed by atoms with E-state index in [0.29, 0.717) is 19.4 Å². The number of hydrogen-bond acceptors (Lipinski definition) is 5. The van der Waals surface area contributed by atoms with Gasteiger partial charge in [-0.3, -0.25) is 9.59 Å². The fraction of sp³-hybridized carbons (Fsp3) is 0.896. The van der Waals surface area contributed by atoms with E-state index in [1.165, 1.54) is 347 Å². The van der Waals surface area contributed by atoms with Crippen LogP contribution in [0.3, 0.4) is 0 Å². The predicted molar refractivity (Wildman–Crippen MR) is 366 cm³/mol. The molecule has 0 heterocycles. The number of carbonyl (C=O) groups is 2. The van der Waals surface area contributed by atoms with Crippen LogP contribution in [-0.4, -0.2) is 47.4 Å². The molecule has 2 atom stereocenters. The molecule has 0 aliphatic heterocycles. The predicted octanol–water partition coefficient (Wildman–Crippen LogP) is 24.7. The van der Waals surface area contributed by atoms with Gasteiger partial charge in [-0.2, -0.15) is 0 Å². The van der Waals surface area contributed by atoms with Crippen LogP contribution in [0.25, 0.3) is 0 Å². The van der Waals surface area contributed by atoms with Crippen molar-refractivity contribution in [2.24, 2.45) is 0 Å². The van der Waals surface area contributed by atoms with E-state index in [2.05, 4.69) is 43.5 Å². The number of allylic oxidation sites excluding steroid dienone is 5. The Kier molecular flexibility index (Phi) is 70.9. The van der Waals surface area contributed by atoms with Crippen LogP contribution >= 0.6 is 0 Å². The lowest BCUT2D eigenvalue weighted by molar-refractivity contribution is -0.143. The highest BCUT2D eigenvalue weighted by molar-refractivity contribution is 5.76. The summed E-state index contributed by atoms with van der Waals surface area (Å²) in [6.07, 6.45) is 93.9. The van der Waals surface area contributed by atoms with Gasteiger partial charge in [0.25, 0.3) is 0 Å². The molecule has 2 unspecified atom stereocenters. The van der Waals surface area contributed by atoms with Crippen molar-refractivity contribution < 1.29 is 24.5 Å². The van der Waals surface area contributed by atoms with Gasteiger partial charge in [0.2, 0.25) is 5.91 Å². The summed E-state index contributed by atoms with van der Waals surface area (Å²) < 4.78 is 5.51. The molecule has 0 saturated carbocycles. The molecular weight excluding hydrogens is 1020 g/mol. The van der Waals surface area contributed by atoms with E-state index in [1.807, 2.05) is 6.08 Å². The third kappa shape index (κ3) is 69.1. The average Bonchev–Trinajstić information content (AvgIpc) is 3.48. The molecule has 0 bridgehead atoms. The molecule has 0 rings (SSSR count). The van der Waals surface area contributed by atoms with Crippen LogP contribution in [0.5, 0.6) is 0 Å². The third-order valence-corrected chi connectivity index (χ3v) is 17.6. The number of hydrogen-bond donors (Lipinski definition) is 3. The van der Waals surface area contributed by atoms with E-state index in [9.17, 15) is 19.8 Å². The molecule has 1 amide bonds. The second kappa shape index (κ2) is 72.6. The van der Waals surface area contributed by atoms with Gasteiger partial charge in [-0.1, -0.05) is 359 Å². The molecule has 0 aromatic rings. The number of carbonyl (C=O) groups excluding carboxylic acids is 2. The first-order valence-electron chi connectivity index (χ1n) is 37.8. The Balaban J connectivity index is 3.35. The summed E-state index contributed by atoms with van der Waals surface area (Å²) in [6, 6.07) is -0.625. The molecule has 490 valence electrons. The summed E-state index contributed by atoms with van der Waals surface area (Å²) in [4.78, 5) is 24.6. The highest BCUT2D eigenvalue weighted by Gasteiger charge is 2.18. The van der Waals surface area contributed by atoms with Gasteiger partial charge in [-0.05, 0) is 83.5 Å². The molecule has 0 aromatic carbocycles. The SMILES string of the molecule is CCCCCCCCC/C=C\CCCCCCCCCC(=O)OCCCCCCCCCCCCCC/C=C\CCCCCCCCCCCCCCCCCCCC(=O)NC(CO)C(O)/C=C/CCCCCCCCCCCCCCC. The van der Waals surface area contributed by atoms with Crippen molar-refractivity contribution in [3.63, 3.8) is 0 Å². The summed E-state index contributed by atoms with van der Waals surface area (Å²) in [5, 5.41) is 23.2. The third-order valence-electron chi connectivity index (χ3n) is 17.6. The van der Waals surface area contributed by atoms with Gasteiger partial charge in [-0.15, -0.1) is 0 Å². The largest absolute Gasteiger partial charge is 0.466 e. The number of esters is 1. The van der Waals surface area contributed by atoms with Crippen LogP contribution in [-0.2, 0) is 14.3 Å². The van der Waals surface area contributed by atoms with Gasteiger partial charge >= 0.3 is 5.97 Å². The lowest BCUT2D eigenvalue weighted by Crippen LogP contribution is -2.45. The molecule has 83 heavy (non-hydrogen) atoms. The summed E-state index contributed by atoms with van der Waals surface area (Å²) >= 11 is 0. The van der Waals surface area contributed by atoms with Crippen molar-refractivity contribution in [3.05, 3.63) is 36.5 Å². The second-order valence-electron chi connectivity index (χ2n) is 26.0. The van der Waals surface area contributed by atoms with E-state index in [1.54, 1.807) is 6.08 Å². The van der Waals surface area contributed by atoms with Gasteiger partial charge in [0.15, 0.2) is 0 Å². The second-order valence-corrected chi connectivity index (χ2v) is 26.0. The maximum absolute atomic E-state index is 12.5. The smallest absolute Gasteiger partial charge is 0.305 e. The quantitative estimate of drug-likeness (QED) is 0.0320. The zero-order valence-corrected chi connectivity index (χ0v) is 56.2. The summed E-state index contributed by atoms with van der Waals surface area (Å²) in [5.74, 6) is -0.0463. The van der Waals surface area contributed by atoms with Crippen LogP contribution < -0.4 is 5.32 Å². The number of rotatable bonds is 71. The first-order chi connectivity index (χ1) is 41.0. The zero-order chi connectivity index (χ0) is 59.9. The Morgan fingerprint density at radius 2 is 0.566 bits per heavy atom. The van der Waals surface area contributed by atoms with Crippen LogP contribution in [0.2, 0.25) is 0 Å². The Hall–Kier alpha value is -1.92. The first-order valence-corrected chi connectivity index (χ1v) is 37.8. The molecule has 0 aliphatic carbocycles. The van der Waals surface area contributed by atoms with Crippen LogP contribution in [0.15, 0.2) is 36.5 Å². The molecule has 3 N–H and O–H groups in total. The fourth-order valence-corrected chi connectivity index (χ4v) is 11.9. The Bertz CT molecular complexity index is 1340. The van der Waals surface area contributed by atoms with Gasteiger partial charge in [0, 0.05) is 12.8 Å². The van der Waals surface area contributed by atoms with Crippen LogP contribution in [0, 0.1) is 0 Å². The first kappa shape index (κ1) is 81.1. The molecule has 0 radical (unpaired) electrons. The van der Waals surface area contributed by atoms with E-state index >= 15 is 0 Å². The Morgan fingerprint density at radius 3 is 0.855 bits per heavy atom. The minimum atomic E-state index is -0.842.